The average Bonchev–Trinajstić information content (AvgIpc) is 2.92. The van der Waals surface area contributed by atoms with E-state index in [2.05, 4.69) is 14.9 Å². The molecule has 0 bridgehead atoms. The van der Waals surface area contributed by atoms with Crippen LogP contribution in [0.5, 0.6) is 0 Å². The normalized spacial score (nSPS) is 16.1. The average molecular weight is 312 g/mol. The summed E-state index contributed by atoms with van der Waals surface area (Å²) in [6, 6.07) is 4.49. The molecule has 118 valence electrons. The maximum Gasteiger partial charge on any atom is 0.251 e. The number of primary amides is 1. The molecule has 1 aromatic carbocycles. The molecule has 4 rings (SSSR count). The highest BCUT2D eigenvalue weighted by Crippen LogP contribution is 2.33. The van der Waals surface area contributed by atoms with Crippen LogP contribution in [-0.4, -0.2) is 29.0 Å². The van der Waals surface area contributed by atoms with Gasteiger partial charge in [0.1, 0.15) is 5.82 Å². The van der Waals surface area contributed by atoms with Gasteiger partial charge in [0, 0.05) is 29.9 Å². The first-order valence-corrected chi connectivity index (χ1v) is 7.88. The highest BCUT2D eigenvalue weighted by atomic mass is 19.1. The number of hydrogen-bond donors (Lipinski definition) is 1. The molecule has 0 saturated carbocycles. The monoisotopic (exact) mass is 312 g/mol. The number of benzene rings is 1. The number of hydrogen-bond acceptors (Lipinski definition) is 4. The molecule has 2 N–H and O–H groups in total. The molecular weight excluding hydrogens is 295 g/mol. The van der Waals surface area contributed by atoms with Gasteiger partial charge in [0.2, 0.25) is 5.95 Å². The van der Waals surface area contributed by atoms with Crippen LogP contribution in [0.15, 0.2) is 18.2 Å². The summed E-state index contributed by atoms with van der Waals surface area (Å²) < 4.78 is 14.1. The van der Waals surface area contributed by atoms with Gasteiger partial charge < -0.3 is 10.6 Å². The SMILES string of the molecule is NC(=O)c1ccc(-c2nc(N3CCC3)nc3c2CCC3)cc1F. The molecular formula is C17H17FN4O. The second-order valence-corrected chi connectivity index (χ2v) is 6.05. The standard InChI is InChI=1S/C17H17FN4O/c18-13-9-10(5-6-11(13)16(19)23)15-12-3-1-4-14(12)20-17(21-15)22-7-2-8-22/h5-6,9H,1-4,7-8H2,(H2,19,23). The second kappa shape index (κ2) is 5.30. The lowest BCUT2D eigenvalue weighted by Crippen LogP contribution is -2.38. The number of carbonyl (C=O) groups excluding carboxylic acids is 1. The van der Waals surface area contributed by atoms with Crippen molar-refractivity contribution < 1.29 is 9.18 Å². The summed E-state index contributed by atoms with van der Waals surface area (Å²) >= 11 is 0. The first-order chi connectivity index (χ1) is 11.1. The number of amides is 1. The minimum absolute atomic E-state index is 0.0950. The van der Waals surface area contributed by atoms with Crippen LogP contribution in [0, 0.1) is 5.82 Å². The first kappa shape index (κ1) is 14.1. The predicted molar refractivity (Wildman–Crippen MR) is 84.8 cm³/mol. The summed E-state index contributed by atoms with van der Waals surface area (Å²) in [5, 5.41) is 0. The number of carbonyl (C=O) groups is 1. The Kier molecular flexibility index (Phi) is 3.25. The highest BCUT2D eigenvalue weighted by Gasteiger charge is 2.25. The van der Waals surface area contributed by atoms with E-state index in [0.717, 1.165) is 61.7 Å². The Balaban J connectivity index is 1.83. The number of nitrogens with zero attached hydrogens (tertiary/aromatic N) is 3. The smallest absolute Gasteiger partial charge is 0.251 e. The number of nitrogens with two attached hydrogens (primary N) is 1. The molecule has 2 heterocycles. The molecule has 1 aliphatic carbocycles. The van der Waals surface area contributed by atoms with Crippen molar-refractivity contribution in [2.75, 3.05) is 18.0 Å². The fourth-order valence-electron chi connectivity index (χ4n) is 3.18. The van der Waals surface area contributed by atoms with Gasteiger partial charge >= 0.3 is 0 Å². The lowest BCUT2D eigenvalue weighted by Gasteiger charge is -2.31. The third kappa shape index (κ3) is 2.34. The number of fused-ring (bicyclic) bond motifs is 1. The summed E-state index contributed by atoms with van der Waals surface area (Å²) in [7, 11) is 0. The molecule has 1 aliphatic heterocycles. The van der Waals surface area contributed by atoms with E-state index >= 15 is 0 Å². The van der Waals surface area contributed by atoms with Gasteiger partial charge in [-0.2, -0.15) is 0 Å². The lowest BCUT2D eigenvalue weighted by molar-refractivity contribution is 0.0996. The largest absolute Gasteiger partial charge is 0.366 e. The quantitative estimate of drug-likeness (QED) is 0.942. The van der Waals surface area contributed by atoms with E-state index in [1.54, 1.807) is 6.07 Å². The fourth-order valence-corrected chi connectivity index (χ4v) is 3.18. The van der Waals surface area contributed by atoms with Gasteiger partial charge in [0.15, 0.2) is 0 Å². The summed E-state index contributed by atoms with van der Waals surface area (Å²) in [5.41, 5.74) is 8.70. The lowest BCUT2D eigenvalue weighted by atomic mass is 10.0. The zero-order valence-electron chi connectivity index (χ0n) is 12.7. The van der Waals surface area contributed by atoms with Crippen molar-refractivity contribution in [3.63, 3.8) is 0 Å². The third-order valence-electron chi connectivity index (χ3n) is 4.57. The van der Waals surface area contributed by atoms with Crippen LogP contribution in [0.2, 0.25) is 0 Å². The Morgan fingerprint density at radius 3 is 2.65 bits per heavy atom. The van der Waals surface area contributed by atoms with Gasteiger partial charge in [-0.25, -0.2) is 14.4 Å². The molecule has 1 amide bonds. The van der Waals surface area contributed by atoms with Crippen molar-refractivity contribution in [2.24, 2.45) is 5.73 Å². The molecule has 1 aromatic heterocycles. The number of aromatic nitrogens is 2. The zero-order valence-corrected chi connectivity index (χ0v) is 12.7. The fraction of sp³-hybridized carbons (Fsp3) is 0.353. The minimum atomic E-state index is -0.761. The number of halogens is 1. The number of anilines is 1. The molecule has 23 heavy (non-hydrogen) atoms. The molecule has 5 nitrogen and oxygen atoms in total. The Hall–Kier alpha value is -2.50. The minimum Gasteiger partial charge on any atom is -0.366 e. The van der Waals surface area contributed by atoms with Crippen LogP contribution in [0.4, 0.5) is 10.3 Å². The first-order valence-electron chi connectivity index (χ1n) is 7.88. The van der Waals surface area contributed by atoms with Gasteiger partial charge in [-0.05, 0) is 37.8 Å². The van der Waals surface area contributed by atoms with Gasteiger partial charge in [-0.15, -0.1) is 0 Å². The zero-order chi connectivity index (χ0) is 16.0. The van der Waals surface area contributed by atoms with Crippen LogP contribution in [-0.2, 0) is 12.8 Å². The van der Waals surface area contributed by atoms with Crippen molar-refractivity contribution in [1.29, 1.82) is 0 Å². The Morgan fingerprint density at radius 2 is 2.00 bits per heavy atom. The van der Waals surface area contributed by atoms with Gasteiger partial charge in [-0.3, -0.25) is 4.79 Å². The van der Waals surface area contributed by atoms with Gasteiger partial charge in [-0.1, -0.05) is 6.07 Å². The molecule has 0 radical (unpaired) electrons. The van der Waals surface area contributed by atoms with Gasteiger partial charge in [0.05, 0.1) is 11.3 Å². The maximum absolute atomic E-state index is 14.1. The van der Waals surface area contributed by atoms with Crippen molar-refractivity contribution in [3.05, 3.63) is 40.8 Å². The summed E-state index contributed by atoms with van der Waals surface area (Å²) in [4.78, 5) is 22.7. The molecule has 0 unspecified atom stereocenters. The Morgan fingerprint density at radius 1 is 1.17 bits per heavy atom. The van der Waals surface area contributed by atoms with E-state index in [1.807, 2.05) is 0 Å². The van der Waals surface area contributed by atoms with Crippen LogP contribution < -0.4 is 10.6 Å². The van der Waals surface area contributed by atoms with E-state index in [9.17, 15) is 9.18 Å². The van der Waals surface area contributed by atoms with E-state index < -0.39 is 11.7 Å². The Labute approximate surface area is 133 Å². The van der Waals surface area contributed by atoms with E-state index in [1.165, 1.54) is 12.1 Å². The summed E-state index contributed by atoms with van der Waals surface area (Å²) in [6.45, 7) is 1.93. The summed E-state index contributed by atoms with van der Waals surface area (Å²) in [5.74, 6) is -0.639. The van der Waals surface area contributed by atoms with Crippen molar-refractivity contribution >= 4 is 11.9 Å². The van der Waals surface area contributed by atoms with E-state index in [-0.39, 0.29) is 5.56 Å². The number of rotatable bonds is 3. The topological polar surface area (TPSA) is 72.1 Å². The van der Waals surface area contributed by atoms with Crippen LogP contribution in [0.1, 0.15) is 34.5 Å². The Bertz CT molecular complexity index is 801. The van der Waals surface area contributed by atoms with Crippen molar-refractivity contribution in [2.45, 2.75) is 25.7 Å². The maximum atomic E-state index is 14.1. The second-order valence-electron chi connectivity index (χ2n) is 6.05. The number of aryl methyl sites for hydroxylation is 1. The molecule has 0 atom stereocenters. The predicted octanol–water partition coefficient (Wildman–Crippen LogP) is 2.08. The molecule has 1 fully saturated rings. The van der Waals surface area contributed by atoms with E-state index in [0.29, 0.717) is 5.56 Å². The van der Waals surface area contributed by atoms with E-state index in [4.69, 9.17) is 5.73 Å². The van der Waals surface area contributed by atoms with Crippen molar-refractivity contribution in [3.8, 4) is 11.3 Å². The molecule has 2 aliphatic rings. The summed E-state index contributed by atoms with van der Waals surface area (Å²) in [6.07, 6.45) is 4.04. The molecule has 2 aromatic rings. The van der Waals surface area contributed by atoms with Crippen LogP contribution >= 0.6 is 0 Å². The third-order valence-corrected chi connectivity index (χ3v) is 4.57. The molecule has 6 heteroatoms. The van der Waals surface area contributed by atoms with Crippen molar-refractivity contribution in [1.82, 2.24) is 9.97 Å². The van der Waals surface area contributed by atoms with Crippen LogP contribution in [0.25, 0.3) is 11.3 Å². The van der Waals surface area contributed by atoms with Crippen LogP contribution in [0.3, 0.4) is 0 Å². The van der Waals surface area contributed by atoms with Gasteiger partial charge in [0.25, 0.3) is 5.91 Å². The molecule has 0 spiro atoms. The highest BCUT2D eigenvalue weighted by molar-refractivity contribution is 5.93. The molecule has 1 saturated heterocycles.